The quantitative estimate of drug-likeness (QED) is 0.732. The number of hydrogen-bond donors (Lipinski definition) is 2. The van der Waals surface area contributed by atoms with Crippen molar-refractivity contribution in [3.05, 3.63) is 16.1 Å². The molecule has 0 aliphatic carbocycles. The molecular weight excluding hydrogens is 194 g/mol. The highest BCUT2D eigenvalue weighted by atomic mass is 32.1. The van der Waals surface area contributed by atoms with Crippen molar-refractivity contribution in [3.8, 4) is 0 Å². The summed E-state index contributed by atoms with van der Waals surface area (Å²) in [4.78, 5) is 5.54. The van der Waals surface area contributed by atoms with Gasteiger partial charge in [-0.1, -0.05) is 0 Å². The van der Waals surface area contributed by atoms with Crippen LogP contribution in [0.3, 0.4) is 0 Å². The van der Waals surface area contributed by atoms with E-state index in [2.05, 4.69) is 17.2 Å². The SMILES string of the molecule is Cc1cnc(CNCCC(C)(C)N)s1. The van der Waals surface area contributed by atoms with Crippen LogP contribution < -0.4 is 11.1 Å². The Labute approximate surface area is 89.7 Å². The summed E-state index contributed by atoms with van der Waals surface area (Å²) >= 11 is 1.74. The molecule has 3 N–H and O–H groups in total. The second-order valence-corrected chi connectivity index (χ2v) is 5.60. The van der Waals surface area contributed by atoms with Crippen molar-refractivity contribution < 1.29 is 0 Å². The number of nitrogens with one attached hydrogen (secondary N) is 1. The fourth-order valence-corrected chi connectivity index (χ4v) is 1.85. The van der Waals surface area contributed by atoms with Crippen LogP contribution in [-0.2, 0) is 6.54 Å². The third-order valence-corrected chi connectivity index (χ3v) is 2.80. The second kappa shape index (κ2) is 4.87. The lowest BCUT2D eigenvalue weighted by Gasteiger charge is -2.17. The molecule has 0 atom stereocenters. The number of nitrogens with two attached hydrogens (primary N) is 1. The van der Waals surface area contributed by atoms with Gasteiger partial charge in [0.2, 0.25) is 0 Å². The lowest BCUT2D eigenvalue weighted by molar-refractivity contribution is 0.455. The van der Waals surface area contributed by atoms with E-state index in [1.165, 1.54) is 4.88 Å². The Morgan fingerprint density at radius 3 is 2.79 bits per heavy atom. The van der Waals surface area contributed by atoms with E-state index in [1.807, 2.05) is 20.0 Å². The topological polar surface area (TPSA) is 50.9 Å². The number of aryl methyl sites for hydroxylation is 1. The van der Waals surface area contributed by atoms with E-state index < -0.39 is 0 Å². The third-order valence-electron chi connectivity index (χ3n) is 1.89. The summed E-state index contributed by atoms with van der Waals surface area (Å²) in [6, 6.07) is 0. The predicted octanol–water partition coefficient (Wildman–Crippen LogP) is 1.67. The van der Waals surface area contributed by atoms with Crippen molar-refractivity contribution in [2.24, 2.45) is 5.73 Å². The van der Waals surface area contributed by atoms with Crippen molar-refractivity contribution >= 4 is 11.3 Å². The summed E-state index contributed by atoms with van der Waals surface area (Å²) < 4.78 is 0. The Bertz CT molecular complexity index is 275. The first-order chi connectivity index (χ1) is 6.47. The highest BCUT2D eigenvalue weighted by Gasteiger charge is 2.09. The molecule has 4 heteroatoms. The molecular formula is C10H19N3S. The van der Waals surface area contributed by atoms with Crippen molar-refractivity contribution in [3.63, 3.8) is 0 Å². The van der Waals surface area contributed by atoms with Gasteiger partial charge in [-0.2, -0.15) is 0 Å². The molecule has 3 nitrogen and oxygen atoms in total. The van der Waals surface area contributed by atoms with Crippen LogP contribution in [0.25, 0.3) is 0 Å². The summed E-state index contributed by atoms with van der Waals surface area (Å²) in [7, 11) is 0. The van der Waals surface area contributed by atoms with Gasteiger partial charge < -0.3 is 11.1 Å². The zero-order valence-electron chi connectivity index (χ0n) is 9.13. The number of nitrogens with zero attached hydrogens (tertiary/aromatic N) is 1. The van der Waals surface area contributed by atoms with Gasteiger partial charge in [-0.05, 0) is 33.7 Å². The maximum atomic E-state index is 5.87. The van der Waals surface area contributed by atoms with Crippen molar-refractivity contribution in [2.45, 2.75) is 39.3 Å². The molecule has 0 aliphatic rings. The minimum absolute atomic E-state index is 0.0776. The predicted molar refractivity (Wildman–Crippen MR) is 61.4 cm³/mol. The molecule has 1 aromatic heterocycles. The molecule has 0 aromatic carbocycles. The van der Waals surface area contributed by atoms with Crippen LogP contribution >= 0.6 is 11.3 Å². The van der Waals surface area contributed by atoms with Gasteiger partial charge in [-0.15, -0.1) is 11.3 Å². The highest BCUT2D eigenvalue weighted by molar-refractivity contribution is 7.11. The summed E-state index contributed by atoms with van der Waals surface area (Å²) in [5.74, 6) is 0. The van der Waals surface area contributed by atoms with Crippen molar-refractivity contribution in [2.75, 3.05) is 6.54 Å². The van der Waals surface area contributed by atoms with Gasteiger partial charge in [-0.3, -0.25) is 0 Å². The maximum absolute atomic E-state index is 5.87. The van der Waals surface area contributed by atoms with Crippen LogP contribution in [0.4, 0.5) is 0 Å². The van der Waals surface area contributed by atoms with Crippen LogP contribution in [0.2, 0.25) is 0 Å². The fourth-order valence-electron chi connectivity index (χ4n) is 1.09. The molecule has 80 valence electrons. The monoisotopic (exact) mass is 213 g/mol. The van der Waals surface area contributed by atoms with Crippen LogP contribution in [-0.4, -0.2) is 17.1 Å². The largest absolute Gasteiger partial charge is 0.326 e. The Morgan fingerprint density at radius 1 is 1.57 bits per heavy atom. The number of thiazole rings is 1. The molecule has 0 aliphatic heterocycles. The zero-order chi connectivity index (χ0) is 10.6. The molecule has 0 saturated carbocycles. The summed E-state index contributed by atoms with van der Waals surface area (Å²) in [6.07, 6.45) is 2.89. The average Bonchev–Trinajstić information content (AvgIpc) is 2.44. The molecule has 0 fully saturated rings. The number of aromatic nitrogens is 1. The van der Waals surface area contributed by atoms with Crippen molar-refractivity contribution in [1.82, 2.24) is 10.3 Å². The minimum Gasteiger partial charge on any atom is -0.326 e. The number of rotatable bonds is 5. The molecule has 0 bridgehead atoms. The van der Waals surface area contributed by atoms with Gasteiger partial charge in [0.25, 0.3) is 0 Å². The molecule has 14 heavy (non-hydrogen) atoms. The van der Waals surface area contributed by atoms with Crippen LogP contribution in [0, 0.1) is 6.92 Å². The van der Waals surface area contributed by atoms with E-state index in [-0.39, 0.29) is 5.54 Å². The number of hydrogen-bond acceptors (Lipinski definition) is 4. The first-order valence-corrected chi connectivity index (χ1v) is 5.70. The van der Waals surface area contributed by atoms with Gasteiger partial charge in [0, 0.05) is 23.2 Å². The smallest absolute Gasteiger partial charge is 0.107 e. The summed E-state index contributed by atoms with van der Waals surface area (Å²) in [6.45, 7) is 7.96. The second-order valence-electron chi connectivity index (χ2n) is 4.28. The van der Waals surface area contributed by atoms with Gasteiger partial charge >= 0.3 is 0 Å². The Kier molecular flexibility index (Phi) is 4.04. The van der Waals surface area contributed by atoms with E-state index in [0.29, 0.717) is 0 Å². The summed E-state index contributed by atoms with van der Waals surface area (Å²) in [5, 5.41) is 4.49. The molecule has 1 heterocycles. The minimum atomic E-state index is -0.0776. The van der Waals surface area contributed by atoms with E-state index in [9.17, 15) is 0 Å². The van der Waals surface area contributed by atoms with Crippen LogP contribution in [0.15, 0.2) is 6.20 Å². The lowest BCUT2D eigenvalue weighted by Crippen LogP contribution is -2.35. The van der Waals surface area contributed by atoms with Gasteiger partial charge in [0.15, 0.2) is 0 Å². The molecule has 1 aromatic rings. The first-order valence-electron chi connectivity index (χ1n) is 4.88. The standard InChI is InChI=1S/C10H19N3S/c1-8-6-13-9(14-8)7-12-5-4-10(2,3)11/h6,12H,4-5,7,11H2,1-3H3. The van der Waals surface area contributed by atoms with E-state index in [4.69, 9.17) is 5.73 Å². The van der Waals surface area contributed by atoms with E-state index in [1.54, 1.807) is 11.3 Å². The Hall–Kier alpha value is -0.450. The van der Waals surface area contributed by atoms with Gasteiger partial charge in [0.1, 0.15) is 5.01 Å². The Morgan fingerprint density at radius 2 is 2.29 bits per heavy atom. The van der Waals surface area contributed by atoms with Gasteiger partial charge in [0.05, 0.1) is 0 Å². The van der Waals surface area contributed by atoms with E-state index >= 15 is 0 Å². The third kappa shape index (κ3) is 4.69. The van der Waals surface area contributed by atoms with Crippen molar-refractivity contribution in [1.29, 1.82) is 0 Å². The first kappa shape index (κ1) is 11.6. The fraction of sp³-hybridized carbons (Fsp3) is 0.700. The van der Waals surface area contributed by atoms with Crippen LogP contribution in [0.1, 0.15) is 30.2 Å². The summed E-state index contributed by atoms with van der Waals surface area (Å²) in [5.41, 5.74) is 5.79. The zero-order valence-corrected chi connectivity index (χ0v) is 9.95. The molecule has 1 rings (SSSR count). The maximum Gasteiger partial charge on any atom is 0.107 e. The van der Waals surface area contributed by atoms with Crippen LogP contribution in [0.5, 0.6) is 0 Å². The molecule has 0 saturated heterocycles. The normalized spacial score (nSPS) is 12.0. The molecule has 0 spiro atoms. The molecule has 0 unspecified atom stereocenters. The van der Waals surface area contributed by atoms with Gasteiger partial charge in [-0.25, -0.2) is 4.98 Å². The molecule has 0 amide bonds. The lowest BCUT2D eigenvalue weighted by atomic mass is 10.0. The highest BCUT2D eigenvalue weighted by Crippen LogP contribution is 2.10. The molecule has 0 radical (unpaired) electrons. The average molecular weight is 213 g/mol. The Balaban J connectivity index is 2.16. The van der Waals surface area contributed by atoms with E-state index in [0.717, 1.165) is 24.5 Å².